The third kappa shape index (κ3) is 6.05. The first-order valence-electron chi connectivity index (χ1n) is 13.5. The van der Waals surface area contributed by atoms with Crippen LogP contribution in [0.15, 0.2) is 53.9 Å². The second-order valence-corrected chi connectivity index (χ2v) is 9.85. The topological polar surface area (TPSA) is 73.0 Å². The Kier molecular flexibility index (Phi) is 9.51. The summed E-state index contributed by atoms with van der Waals surface area (Å²) in [7, 11) is 1.80. The molecule has 3 atom stereocenters. The normalized spacial score (nSPS) is 24.5. The Morgan fingerprint density at radius 1 is 1.16 bits per heavy atom. The van der Waals surface area contributed by atoms with Gasteiger partial charge in [0, 0.05) is 46.1 Å². The van der Waals surface area contributed by atoms with Gasteiger partial charge in [0.25, 0.3) is 0 Å². The number of hydrogen-bond donors (Lipinski definition) is 1. The molecule has 1 aromatic rings. The molecule has 1 aliphatic heterocycles. The monoisotopic (exact) mass is 514 g/mol. The first-order chi connectivity index (χ1) is 17.8. The number of para-hydroxylation sites is 1. The molecule has 1 saturated carbocycles. The summed E-state index contributed by atoms with van der Waals surface area (Å²) in [6.45, 7) is 9.63. The SMILES string of the molecule is CC.CC[C@@H](NC(=O)C12CC1C(C)=CC=C2F)C(=O)N1CCCC(=O)N(C)CN(c2ccccc2)CC1.[HH]. The zero-order valence-electron chi connectivity index (χ0n) is 22.8. The van der Waals surface area contributed by atoms with Crippen molar-refractivity contribution in [3.63, 3.8) is 0 Å². The number of allylic oxidation sites excluding steroid dienone is 3. The summed E-state index contributed by atoms with van der Waals surface area (Å²) >= 11 is 0. The molecule has 1 aromatic carbocycles. The maximum Gasteiger partial charge on any atom is 0.245 e. The molecule has 4 rings (SSSR count). The van der Waals surface area contributed by atoms with Crippen LogP contribution < -0.4 is 10.2 Å². The van der Waals surface area contributed by atoms with E-state index in [0.29, 0.717) is 52.0 Å². The third-order valence-corrected chi connectivity index (χ3v) is 7.55. The molecule has 204 valence electrons. The van der Waals surface area contributed by atoms with Gasteiger partial charge in [-0.15, -0.1) is 0 Å². The molecule has 37 heavy (non-hydrogen) atoms. The molecule has 2 unspecified atom stereocenters. The molecule has 0 radical (unpaired) electrons. The lowest BCUT2D eigenvalue weighted by Gasteiger charge is -2.35. The summed E-state index contributed by atoms with van der Waals surface area (Å²) < 4.78 is 14.7. The van der Waals surface area contributed by atoms with Gasteiger partial charge in [-0.2, -0.15) is 0 Å². The lowest BCUT2D eigenvalue weighted by Crippen LogP contribution is -2.53. The first-order valence-corrected chi connectivity index (χ1v) is 13.5. The summed E-state index contributed by atoms with van der Waals surface area (Å²) in [6.07, 6.45) is 4.85. The number of amides is 3. The van der Waals surface area contributed by atoms with Crippen molar-refractivity contribution in [3.8, 4) is 0 Å². The van der Waals surface area contributed by atoms with Crippen molar-refractivity contribution in [1.29, 1.82) is 0 Å². The number of anilines is 1. The minimum Gasteiger partial charge on any atom is -0.352 e. The average Bonchev–Trinajstić information content (AvgIpc) is 3.70. The van der Waals surface area contributed by atoms with Crippen molar-refractivity contribution < 1.29 is 20.2 Å². The minimum absolute atomic E-state index is 0. The highest BCUT2D eigenvalue weighted by molar-refractivity contribution is 5.94. The maximum absolute atomic E-state index is 14.7. The highest BCUT2D eigenvalue weighted by Gasteiger charge is 2.65. The fraction of sp³-hybridized carbons (Fsp3) is 0.552. The third-order valence-electron chi connectivity index (χ3n) is 7.55. The largest absolute Gasteiger partial charge is 0.352 e. The quantitative estimate of drug-likeness (QED) is 0.627. The standard InChI is InChI=1S/C27H35FN4O3.C2H6.H2/c1-4-22(29-26(35)27-17-21(27)19(2)12-13-23(27)28)25(34)31-14-8-11-24(33)30(3)18-32(16-15-31)20-9-6-5-7-10-20;1-2;/h5-7,9-10,12-13,21-22H,4,8,11,14-18H2,1-3H3,(H,29,35);1-2H3;1H/t21?,22-,27?;;/m1../s1. The zero-order chi connectivity index (χ0) is 27.2. The van der Waals surface area contributed by atoms with Crippen LogP contribution in [-0.2, 0) is 14.4 Å². The lowest BCUT2D eigenvalue weighted by molar-refractivity contribution is -0.138. The molecule has 3 aliphatic rings. The predicted octanol–water partition coefficient (Wildman–Crippen LogP) is 4.52. The number of carbonyl (C=O) groups excluding carboxylic acids is 3. The summed E-state index contributed by atoms with van der Waals surface area (Å²) in [5.74, 6) is -1.11. The van der Waals surface area contributed by atoms with E-state index in [9.17, 15) is 18.8 Å². The fourth-order valence-corrected chi connectivity index (χ4v) is 5.19. The van der Waals surface area contributed by atoms with Gasteiger partial charge in [-0.25, -0.2) is 4.39 Å². The Morgan fingerprint density at radius 3 is 2.54 bits per heavy atom. The molecule has 1 saturated heterocycles. The van der Waals surface area contributed by atoms with Gasteiger partial charge in [0.2, 0.25) is 17.7 Å². The summed E-state index contributed by atoms with van der Waals surface area (Å²) in [4.78, 5) is 44.8. The zero-order valence-corrected chi connectivity index (χ0v) is 22.8. The number of halogens is 1. The Morgan fingerprint density at radius 2 is 1.86 bits per heavy atom. The Bertz CT molecular complexity index is 1050. The van der Waals surface area contributed by atoms with Crippen molar-refractivity contribution in [3.05, 3.63) is 53.9 Å². The van der Waals surface area contributed by atoms with Crippen LogP contribution in [0.5, 0.6) is 0 Å². The van der Waals surface area contributed by atoms with Crippen molar-refractivity contribution in [2.75, 3.05) is 38.3 Å². The van der Waals surface area contributed by atoms with Crippen molar-refractivity contribution >= 4 is 23.4 Å². The van der Waals surface area contributed by atoms with E-state index in [4.69, 9.17) is 0 Å². The molecular formula is C29H43FN4O3. The number of hydrogen-bond acceptors (Lipinski definition) is 4. The summed E-state index contributed by atoms with van der Waals surface area (Å²) in [5.41, 5.74) is 0.814. The summed E-state index contributed by atoms with van der Waals surface area (Å²) in [5, 5.41) is 2.86. The van der Waals surface area contributed by atoms with Crippen LogP contribution in [0.3, 0.4) is 0 Å². The van der Waals surface area contributed by atoms with Crippen LogP contribution in [0.1, 0.15) is 54.8 Å². The molecular weight excluding hydrogens is 471 g/mol. The Balaban J connectivity index is 0.00000165. The van der Waals surface area contributed by atoms with Crippen molar-refractivity contribution in [2.45, 2.75) is 59.4 Å². The predicted molar refractivity (Wildman–Crippen MR) is 146 cm³/mol. The van der Waals surface area contributed by atoms with Gasteiger partial charge in [-0.1, -0.05) is 50.6 Å². The molecule has 0 aromatic heterocycles. The second-order valence-electron chi connectivity index (χ2n) is 9.85. The summed E-state index contributed by atoms with van der Waals surface area (Å²) in [6, 6.07) is 9.07. The average molecular weight is 515 g/mol. The fourth-order valence-electron chi connectivity index (χ4n) is 5.19. The van der Waals surface area contributed by atoms with Gasteiger partial charge in [0.15, 0.2) is 0 Å². The van der Waals surface area contributed by atoms with E-state index in [1.54, 1.807) is 22.9 Å². The molecule has 0 spiro atoms. The van der Waals surface area contributed by atoms with Gasteiger partial charge < -0.3 is 20.0 Å². The number of nitrogens with one attached hydrogen (secondary N) is 1. The molecule has 7 nitrogen and oxygen atoms in total. The number of carbonyl (C=O) groups is 3. The van der Waals surface area contributed by atoms with Crippen molar-refractivity contribution in [2.24, 2.45) is 11.3 Å². The maximum atomic E-state index is 14.7. The van der Waals surface area contributed by atoms with Gasteiger partial charge in [0.05, 0.1) is 6.67 Å². The smallest absolute Gasteiger partial charge is 0.245 e. The van der Waals surface area contributed by atoms with E-state index in [1.165, 1.54) is 6.08 Å². The molecule has 2 fully saturated rings. The van der Waals surface area contributed by atoms with Crippen LogP contribution in [-0.4, -0.2) is 66.9 Å². The van der Waals surface area contributed by atoms with Crippen LogP contribution >= 0.6 is 0 Å². The Labute approximate surface area is 221 Å². The van der Waals surface area contributed by atoms with Gasteiger partial charge >= 0.3 is 0 Å². The molecule has 0 bridgehead atoms. The van der Waals surface area contributed by atoms with Crippen LogP contribution in [0.2, 0.25) is 0 Å². The van der Waals surface area contributed by atoms with Crippen LogP contribution in [0.4, 0.5) is 10.1 Å². The van der Waals surface area contributed by atoms with Gasteiger partial charge in [-0.3, -0.25) is 14.4 Å². The molecule has 8 heteroatoms. The van der Waals surface area contributed by atoms with E-state index in [2.05, 4.69) is 10.2 Å². The molecule has 1 heterocycles. The van der Waals surface area contributed by atoms with E-state index in [1.807, 2.05) is 58.0 Å². The lowest BCUT2D eigenvalue weighted by atomic mass is 9.92. The highest BCUT2D eigenvalue weighted by Crippen LogP contribution is 2.63. The van der Waals surface area contributed by atoms with Gasteiger partial charge in [-0.05, 0) is 44.4 Å². The van der Waals surface area contributed by atoms with E-state index in [-0.39, 0.29) is 19.2 Å². The Hall–Kier alpha value is -3.16. The molecule has 3 amide bonds. The molecule has 2 aliphatic carbocycles. The number of benzene rings is 1. The van der Waals surface area contributed by atoms with E-state index in [0.717, 1.165) is 11.3 Å². The van der Waals surface area contributed by atoms with Gasteiger partial charge in [0.1, 0.15) is 17.3 Å². The van der Waals surface area contributed by atoms with Crippen molar-refractivity contribution in [1.82, 2.24) is 15.1 Å². The van der Waals surface area contributed by atoms with E-state index < -0.39 is 23.2 Å². The number of rotatable bonds is 5. The highest BCUT2D eigenvalue weighted by atomic mass is 19.1. The molecule has 1 N–H and O–H groups in total. The van der Waals surface area contributed by atoms with Crippen LogP contribution in [0.25, 0.3) is 0 Å². The first kappa shape index (κ1) is 28.4. The number of fused-ring (bicyclic) bond motifs is 1. The van der Waals surface area contributed by atoms with E-state index >= 15 is 0 Å². The number of nitrogens with zero attached hydrogens (tertiary/aromatic N) is 3. The second kappa shape index (κ2) is 12.4. The van der Waals surface area contributed by atoms with Crippen LogP contribution in [0, 0.1) is 11.3 Å². The minimum atomic E-state index is -1.15.